The fraction of sp³-hybridized carbons (Fsp3) is 0.611. The summed E-state index contributed by atoms with van der Waals surface area (Å²) < 4.78 is 6.90. The van der Waals surface area contributed by atoms with Crippen molar-refractivity contribution in [3.05, 3.63) is 22.5 Å². The van der Waals surface area contributed by atoms with Crippen molar-refractivity contribution < 1.29 is 20.1 Å². The quantitative estimate of drug-likeness (QED) is 0.333. The minimum absolute atomic E-state index is 0.00622. The number of hydrogen-bond donors (Lipinski definition) is 5. The first-order chi connectivity index (χ1) is 14.3. The number of azo groups is 1. The summed E-state index contributed by atoms with van der Waals surface area (Å²) in [5.74, 6) is 0.927. The molecule has 1 aliphatic heterocycles. The van der Waals surface area contributed by atoms with E-state index in [-0.39, 0.29) is 23.1 Å². The van der Waals surface area contributed by atoms with Gasteiger partial charge in [-0.3, -0.25) is 14.3 Å². The summed E-state index contributed by atoms with van der Waals surface area (Å²) in [5, 5.41) is 38.8. The molecule has 160 valence electrons. The van der Waals surface area contributed by atoms with Gasteiger partial charge in [0.15, 0.2) is 17.4 Å². The number of anilines is 1. The molecule has 12 nitrogen and oxygen atoms in total. The molecule has 3 heterocycles. The van der Waals surface area contributed by atoms with Crippen LogP contribution in [0.25, 0.3) is 11.2 Å². The van der Waals surface area contributed by atoms with E-state index in [9.17, 15) is 20.1 Å². The van der Waals surface area contributed by atoms with Crippen LogP contribution in [0.5, 0.6) is 0 Å². The molecular formula is C18H23N7O5. The lowest BCUT2D eigenvalue weighted by Crippen LogP contribution is -2.45. The van der Waals surface area contributed by atoms with Gasteiger partial charge in [-0.15, -0.1) is 5.11 Å². The zero-order valence-corrected chi connectivity index (χ0v) is 16.2. The van der Waals surface area contributed by atoms with E-state index in [1.54, 1.807) is 0 Å². The number of aliphatic hydroxyl groups is 3. The van der Waals surface area contributed by atoms with Crippen molar-refractivity contribution in [1.82, 2.24) is 19.5 Å². The molecule has 1 saturated carbocycles. The highest BCUT2D eigenvalue weighted by atomic mass is 16.6. The van der Waals surface area contributed by atoms with Gasteiger partial charge in [0.25, 0.3) is 11.5 Å². The van der Waals surface area contributed by atoms with E-state index in [2.05, 4.69) is 38.2 Å². The monoisotopic (exact) mass is 417 g/mol. The number of H-pyrrole nitrogens is 1. The first-order valence-electron chi connectivity index (χ1n) is 9.84. The maximum atomic E-state index is 12.3. The van der Waals surface area contributed by atoms with Crippen LogP contribution in [0.3, 0.4) is 0 Å². The third kappa shape index (κ3) is 2.79. The molecule has 4 aliphatic rings. The number of allylic oxidation sites excluding steroid dienone is 1. The van der Waals surface area contributed by atoms with Crippen LogP contribution in [0, 0.1) is 11.8 Å². The van der Waals surface area contributed by atoms with Gasteiger partial charge in [0, 0.05) is 0 Å². The van der Waals surface area contributed by atoms with Crippen LogP contribution in [0.15, 0.2) is 27.2 Å². The Morgan fingerprint density at radius 2 is 2.13 bits per heavy atom. The second kappa shape index (κ2) is 6.67. The van der Waals surface area contributed by atoms with Gasteiger partial charge in [-0.25, -0.2) is 4.98 Å². The van der Waals surface area contributed by atoms with Crippen molar-refractivity contribution in [3.8, 4) is 0 Å². The van der Waals surface area contributed by atoms with Crippen LogP contribution in [0.2, 0.25) is 0 Å². The molecule has 0 aromatic carbocycles. The normalized spacial score (nSPS) is 37.9. The van der Waals surface area contributed by atoms with Crippen molar-refractivity contribution in [3.63, 3.8) is 0 Å². The number of rotatable bonds is 4. The number of fused-ring (bicyclic) bond motifs is 2. The average Bonchev–Trinajstić information content (AvgIpc) is 3.18. The van der Waals surface area contributed by atoms with E-state index in [1.807, 2.05) is 6.08 Å². The molecule has 5 atom stereocenters. The maximum Gasteiger partial charge on any atom is 0.280 e. The van der Waals surface area contributed by atoms with Gasteiger partial charge in [0.1, 0.15) is 23.9 Å². The van der Waals surface area contributed by atoms with E-state index in [4.69, 9.17) is 10.5 Å². The van der Waals surface area contributed by atoms with Gasteiger partial charge >= 0.3 is 0 Å². The van der Waals surface area contributed by atoms with Crippen molar-refractivity contribution in [2.24, 2.45) is 22.1 Å². The lowest BCUT2D eigenvalue weighted by molar-refractivity contribution is -0.0503. The number of aromatic nitrogens is 4. The highest BCUT2D eigenvalue weighted by Crippen LogP contribution is 2.50. The zero-order valence-electron chi connectivity index (χ0n) is 16.2. The molecule has 30 heavy (non-hydrogen) atoms. The molecule has 2 fully saturated rings. The predicted octanol–water partition coefficient (Wildman–Crippen LogP) is -0.248. The van der Waals surface area contributed by atoms with Crippen LogP contribution in [-0.4, -0.2) is 65.3 Å². The second-order valence-corrected chi connectivity index (χ2v) is 8.32. The Balaban J connectivity index is 1.61. The fourth-order valence-electron chi connectivity index (χ4n) is 4.49. The second-order valence-electron chi connectivity index (χ2n) is 8.32. The van der Waals surface area contributed by atoms with Crippen LogP contribution < -0.4 is 11.3 Å². The molecule has 0 radical (unpaired) electrons. The van der Waals surface area contributed by atoms with Crippen LogP contribution in [-0.2, 0) is 4.74 Å². The summed E-state index contributed by atoms with van der Waals surface area (Å²) >= 11 is 0. The summed E-state index contributed by atoms with van der Waals surface area (Å²) in [6.07, 6.45) is 0.996. The van der Waals surface area contributed by atoms with E-state index < -0.39 is 42.2 Å². The predicted molar refractivity (Wildman–Crippen MR) is 104 cm³/mol. The Morgan fingerprint density at radius 1 is 1.37 bits per heavy atom. The van der Waals surface area contributed by atoms with Gasteiger partial charge < -0.3 is 25.8 Å². The smallest absolute Gasteiger partial charge is 0.280 e. The highest BCUT2D eigenvalue weighted by Gasteiger charge is 2.48. The molecule has 1 saturated heterocycles. The van der Waals surface area contributed by atoms with E-state index in [1.165, 1.54) is 4.57 Å². The van der Waals surface area contributed by atoms with Gasteiger partial charge in [-0.2, -0.15) is 10.1 Å². The topological polar surface area (TPSA) is 184 Å². The van der Waals surface area contributed by atoms with Crippen molar-refractivity contribution in [2.45, 2.75) is 49.8 Å². The van der Waals surface area contributed by atoms with Crippen molar-refractivity contribution in [2.75, 3.05) is 12.3 Å². The van der Waals surface area contributed by atoms with E-state index >= 15 is 0 Å². The molecule has 0 amide bonds. The third-order valence-corrected chi connectivity index (χ3v) is 6.35. The molecule has 0 spiro atoms. The Morgan fingerprint density at radius 3 is 2.77 bits per heavy atom. The molecule has 2 aromatic heterocycles. The summed E-state index contributed by atoms with van der Waals surface area (Å²) in [5.41, 5.74) is 4.70. The number of imidazole rings is 1. The molecule has 2 aromatic rings. The molecule has 2 bridgehead atoms. The highest BCUT2D eigenvalue weighted by molar-refractivity contribution is 5.74. The minimum Gasteiger partial charge on any atom is -0.394 e. The summed E-state index contributed by atoms with van der Waals surface area (Å²) in [4.78, 5) is 23.1. The summed E-state index contributed by atoms with van der Waals surface area (Å²) in [6, 6.07) is 0. The van der Waals surface area contributed by atoms with Crippen LogP contribution in [0.1, 0.15) is 26.0 Å². The van der Waals surface area contributed by atoms with Crippen LogP contribution >= 0.6 is 0 Å². The number of aromatic amines is 1. The molecule has 3 aliphatic carbocycles. The molecule has 2 unspecified atom stereocenters. The number of hydrogen-bond acceptors (Lipinski definition) is 10. The number of nitrogens with one attached hydrogen (secondary N) is 1. The molecule has 6 N–H and O–H groups in total. The number of aliphatic hydroxyl groups excluding tert-OH is 3. The zero-order chi connectivity index (χ0) is 21.2. The van der Waals surface area contributed by atoms with E-state index in [0.717, 1.165) is 12.8 Å². The Labute approximate surface area is 170 Å². The SMILES string of the molecule is C[C@@H]1C=CC2(N=Nc3nc4c(=O)[nH]c(N)nc4n3[C@@H]3O[C@H](CO)C(O)C3O)CC1C2. The van der Waals surface area contributed by atoms with E-state index in [0.29, 0.717) is 11.8 Å². The largest absolute Gasteiger partial charge is 0.394 e. The lowest BCUT2D eigenvalue weighted by Gasteiger charge is -2.47. The fourth-order valence-corrected chi connectivity index (χ4v) is 4.49. The summed E-state index contributed by atoms with van der Waals surface area (Å²) in [7, 11) is 0. The van der Waals surface area contributed by atoms with Gasteiger partial charge in [0.2, 0.25) is 5.95 Å². The van der Waals surface area contributed by atoms with Crippen molar-refractivity contribution >= 4 is 23.1 Å². The first kappa shape index (κ1) is 19.3. The van der Waals surface area contributed by atoms with Crippen molar-refractivity contribution in [1.29, 1.82) is 0 Å². The Kier molecular flexibility index (Phi) is 4.29. The number of ether oxygens (including phenoxy) is 1. The standard InChI is InChI=1S/C18H23N7O5/c1-7-2-3-18(4-8(7)5-18)24-23-17-20-10-13(21-16(19)22-14(10)29)25(17)15-12(28)11(27)9(6-26)30-15/h2-3,7-9,11-12,15,26-28H,4-6H2,1H3,(H3,19,21,22,29)/t7-,8?,9-,11?,12?,15-,18?/m1/s1. The Hall–Kier alpha value is -2.67. The van der Waals surface area contributed by atoms with Gasteiger partial charge in [0.05, 0.1) is 6.61 Å². The maximum absolute atomic E-state index is 12.3. The Bertz CT molecular complexity index is 1100. The minimum atomic E-state index is -1.41. The molecule has 6 rings (SSSR count). The number of nitrogens with two attached hydrogens (primary N) is 1. The number of nitrogen functional groups attached to an aromatic ring is 1. The average molecular weight is 417 g/mol. The van der Waals surface area contributed by atoms with Gasteiger partial charge in [-0.1, -0.05) is 19.1 Å². The third-order valence-electron chi connectivity index (χ3n) is 6.35. The molecule has 12 heteroatoms. The summed E-state index contributed by atoms with van der Waals surface area (Å²) in [6.45, 7) is 1.67. The van der Waals surface area contributed by atoms with Crippen LogP contribution in [0.4, 0.5) is 11.9 Å². The lowest BCUT2D eigenvalue weighted by atomic mass is 9.60. The first-order valence-corrected chi connectivity index (χ1v) is 9.84. The number of nitrogens with zero attached hydrogens (tertiary/aromatic N) is 5. The van der Waals surface area contributed by atoms with Gasteiger partial charge in [-0.05, 0) is 24.7 Å². The molecular weight excluding hydrogens is 394 g/mol.